The van der Waals surface area contributed by atoms with Crippen LogP contribution in [0.15, 0.2) is 18.2 Å². The van der Waals surface area contributed by atoms with Gasteiger partial charge in [0.15, 0.2) is 0 Å². The molecule has 0 nitrogen and oxygen atoms in total. The first kappa shape index (κ1) is 9.04. The lowest BCUT2D eigenvalue weighted by molar-refractivity contribution is 1.03. The zero-order chi connectivity index (χ0) is 8.27. The zero-order valence-corrected chi connectivity index (χ0v) is 9.18. The summed E-state index contributed by atoms with van der Waals surface area (Å²) in [5.74, 6) is 0. The van der Waals surface area contributed by atoms with Crippen molar-refractivity contribution in [2.75, 3.05) is 0 Å². The molecule has 0 spiro atoms. The highest BCUT2D eigenvalue weighted by atomic mass is 127. The Morgan fingerprint density at radius 2 is 1.91 bits per heavy atom. The molecule has 0 radical (unpaired) electrons. The largest absolute Gasteiger partial charge is 0.0613 e. The van der Waals surface area contributed by atoms with Crippen LogP contribution in [-0.2, 0) is 12.8 Å². The smallest absolute Gasteiger partial charge is 0.0164 e. The number of rotatable bonds is 2. The highest BCUT2D eigenvalue weighted by Crippen LogP contribution is 2.17. The van der Waals surface area contributed by atoms with E-state index in [0.717, 1.165) is 12.8 Å². The van der Waals surface area contributed by atoms with Crippen LogP contribution in [0.25, 0.3) is 0 Å². The van der Waals surface area contributed by atoms with E-state index in [-0.39, 0.29) is 0 Å². The van der Waals surface area contributed by atoms with Crippen molar-refractivity contribution in [2.45, 2.75) is 26.7 Å². The van der Waals surface area contributed by atoms with Gasteiger partial charge in [0.05, 0.1) is 0 Å². The maximum Gasteiger partial charge on any atom is 0.0164 e. The summed E-state index contributed by atoms with van der Waals surface area (Å²) in [5, 5.41) is 0. The molecule has 1 aromatic carbocycles. The molecule has 0 aliphatic rings. The second-order valence-corrected chi connectivity index (χ2v) is 3.75. The van der Waals surface area contributed by atoms with Crippen molar-refractivity contribution in [3.05, 3.63) is 32.9 Å². The Labute approximate surface area is 82.2 Å². The van der Waals surface area contributed by atoms with Crippen molar-refractivity contribution in [2.24, 2.45) is 0 Å². The van der Waals surface area contributed by atoms with Crippen LogP contribution < -0.4 is 0 Å². The Kier molecular flexibility index (Phi) is 3.37. The predicted octanol–water partition coefficient (Wildman–Crippen LogP) is 3.42. The van der Waals surface area contributed by atoms with E-state index in [1.54, 1.807) is 0 Å². The quantitative estimate of drug-likeness (QED) is 0.715. The summed E-state index contributed by atoms with van der Waals surface area (Å²) in [6.07, 6.45) is 2.31. The fourth-order valence-corrected chi connectivity index (χ4v) is 2.27. The molecule has 0 fully saturated rings. The van der Waals surface area contributed by atoms with Gasteiger partial charge in [0.1, 0.15) is 0 Å². The maximum absolute atomic E-state index is 2.41. The second-order valence-electron chi connectivity index (χ2n) is 2.58. The Morgan fingerprint density at radius 1 is 1.18 bits per heavy atom. The van der Waals surface area contributed by atoms with Gasteiger partial charge < -0.3 is 0 Å². The van der Waals surface area contributed by atoms with Gasteiger partial charge in [-0.25, -0.2) is 0 Å². The highest BCUT2D eigenvalue weighted by Gasteiger charge is 2.00. The fraction of sp³-hybridized carbons (Fsp3) is 0.400. The number of hydrogen-bond donors (Lipinski definition) is 0. The molecule has 0 aliphatic carbocycles. The van der Waals surface area contributed by atoms with E-state index in [4.69, 9.17) is 0 Å². The molecule has 0 aromatic heterocycles. The molecule has 0 saturated heterocycles. The molecule has 0 N–H and O–H groups in total. The third kappa shape index (κ3) is 1.95. The van der Waals surface area contributed by atoms with Gasteiger partial charge in [0.2, 0.25) is 0 Å². The van der Waals surface area contributed by atoms with Crippen molar-refractivity contribution < 1.29 is 0 Å². The van der Waals surface area contributed by atoms with Crippen LogP contribution in [0, 0.1) is 3.57 Å². The molecular formula is C10H13I. The van der Waals surface area contributed by atoms with E-state index in [1.807, 2.05) is 0 Å². The first-order valence-corrected chi connectivity index (χ1v) is 5.13. The molecular weight excluding hydrogens is 247 g/mol. The molecule has 1 rings (SSSR count). The molecule has 0 saturated carbocycles. The summed E-state index contributed by atoms with van der Waals surface area (Å²) in [6.45, 7) is 4.43. The molecule has 0 atom stereocenters. The van der Waals surface area contributed by atoms with Crippen LogP contribution in [0.1, 0.15) is 25.0 Å². The highest BCUT2D eigenvalue weighted by molar-refractivity contribution is 14.1. The molecule has 1 heteroatoms. The van der Waals surface area contributed by atoms with Crippen molar-refractivity contribution >= 4 is 22.6 Å². The van der Waals surface area contributed by atoms with Crippen LogP contribution >= 0.6 is 22.6 Å². The van der Waals surface area contributed by atoms with Gasteiger partial charge in [-0.15, -0.1) is 0 Å². The molecule has 0 heterocycles. The molecule has 11 heavy (non-hydrogen) atoms. The van der Waals surface area contributed by atoms with E-state index >= 15 is 0 Å². The van der Waals surface area contributed by atoms with Crippen LogP contribution in [0.5, 0.6) is 0 Å². The number of benzene rings is 1. The Hall–Kier alpha value is -0.0500. The van der Waals surface area contributed by atoms with Gasteiger partial charge >= 0.3 is 0 Å². The minimum atomic E-state index is 1.15. The number of aryl methyl sites for hydroxylation is 1. The van der Waals surface area contributed by atoms with Gasteiger partial charge in [0, 0.05) is 3.57 Å². The van der Waals surface area contributed by atoms with E-state index in [2.05, 4.69) is 54.6 Å². The lowest BCUT2D eigenvalue weighted by Gasteiger charge is -2.06. The SMILES string of the molecule is CCc1cccc(I)c1CC. The van der Waals surface area contributed by atoms with E-state index in [9.17, 15) is 0 Å². The summed E-state index contributed by atoms with van der Waals surface area (Å²) in [6, 6.07) is 6.54. The average Bonchev–Trinajstić information content (AvgIpc) is 2.04. The van der Waals surface area contributed by atoms with E-state index < -0.39 is 0 Å². The van der Waals surface area contributed by atoms with Gasteiger partial charge in [0.25, 0.3) is 0 Å². The monoisotopic (exact) mass is 260 g/mol. The van der Waals surface area contributed by atoms with Crippen LogP contribution in [0.2, 0.25) is 0 Å². The van der Waals surface area contributed by atoms with E-state index in [1.165, 1.54) is 14.7 Å². The lowest BCUT2D eigenvalue weighted by atomic mass is 10.0. The molecule has 0 amide bonds. The summed E-state index contributed by atoms with van der Waals surface area (Å²) < 4.78 is 1.41. The first-order valence-electron chi connectivity index (χ1n) is 4.05. The first-order chi connectivity index (χ1) is 5.29. The average molecular weight is 260 g/mol. The molecule has 0 unspecified atom stereocenters. The topological polar surface area (TPSA) is 0 Å². The van der Waals surface area contributed by atoms with Crippen molar-refractivity contribution in [1.82, 2.24) is 0 Å². The van der Waals surface area contributed by atoms with Crippen LogP contribution in [0.3, 0.4) is 0 Å². The minimum Gasteiger partial charge on any atom is -0.0613 e. The van der Waals surface area contributed by atoms with Crippen molar-refractivity contribution in [3.8, 4) is 0 Å². The summed E-state index contributed by atoms with van der Waals surface area (Å²) in [4.78, 5) is 0. The Balaban J connectivity index is 3.13. The molecule has 60 valence electrons. The maximum atomic E-state index is 2.41. The Morgan fingerprint density at radius 3 is 2.36 bits per heavy atom. The van der Waals surface area contributed by atoms with Crippen molar-refractivity contribution in [3.63, 3.8) is 0 Å². The lowest BCUT2D eigenvalue weighted by Crippen LogP contribution is -1.93. The second kappa shape index (κ2) is 4.10. The normalized spacial score (nSPS) is 10.1. The van der Waals surface area contributed by atoms with Gasteiger partial charge in [-0.05, 0) is 52.6 Å². The minimum absolute atomic E-state index is 1.15. The molecule has 1 aromatic rings. The summed E-state index contributed by atoms with van der Waals surface area (Å²) in [7, 11) is 0. The third-order valence-corrected chi connectivity index (χ3v) is 2.96. The van der Waals surface area contributed by atoms with Crippen molar-refractivity contribution in [1.29, 1.82) is 0 Å². The molecule has 0 bridgehead atoms. The predicted molar refractivity (Wildman–Crippen MR) is 57.9 cm³/mol. The fourth-order valence-electron chi connectivity index (χ4n) is 1.33. The van der Waals surface area contributed by atoms with Gasteiger partial charge in [-0.3, -0.25) is 0 Å². The molecule has 0 aliphatic heterocycles. The standard InChI is InChI=1S/C10H13I/c1-3-8-6-5-7-10(11)9(8)4-2/h5-7H,3-4H2,1-2H3. The summed E-state index contributed by atoms with van der Waals surface area (Å²) >= 11 is 2.41. The summed E-state index contributed by atoms with van der Waals surface area (Å²) in [5.41, 5.74) is 3.02. The number of halogens is 1. The zero-order valence-electron chi connectivity index (χ0n) is 7.02. The Bertz CT molecular complexity index is 241. The van der Waals surface area contributed by atoms with Crippen LogP contribution in [-0.4, -0.2) is 0 Å². The van der Waals surface area contributed by atoms with Crippen LogP contribution in [0.4, 0.5) is 0 Å². The van der Waals surface area contributed by atoms with Gasteiger partial charge in [-0.1, -0.05) is 26.0 Å². The van der Waals surface area contributed by atoms with Gasteiger partial charge in [-0.2, -0.15) is 0 Å². The third-order valence-electron chi connectivity index (χ3n) is 1.95. The van der Waals surface area contributed by atoms with E-state index in [0.29, 0.717) is 0 Å². The number of hydrogen-bond acceptors (Lipinski definition) is 0.